The van der Waals surface area contributed by atoms with Crippen molar-refractivity contribution in [1.82, 2.24) is 10.9 Å². The van der Waals surface area contributed by atoms with E-state index in [1.54, 1.807) is 84.9 Å². The van der Waals surface area contributed by atoms with Gasteiger partial charge in [-0.3, -0.25) is 9.59 Å². The molecule has 0 aliphatic heterocycles. The first-order valence-electron chi connectivity index (χ1n) is 14.4. The Bertz CT molecular complexity index is 1990. The second kappa shape index (κ2) is 17.0. The van der Waals surface area contributed by atoms with E-state index in [1.165, 1.54) is 36.7 Å². The number of amides is 2. The van der Waals surface area contributed by atoms with Crippen LogP contribution in [-0.2, 0) is 0 Å². The van der Waals surface area contributed by atoms with Crippen molar-refractivity contribution in [1.29, 1.82) is 0 Å². The Labute approximate surface area is 312 Å². The summed E-state index contributed by atoms with van der Waals surface area (Å²) in [7, 11) is 0. The van der Waals surface area contributed by atoms with Crippen molar-refractivity contribution in [3.63, 3.8) is 0 Å². The fourth-order valence-electron chi connectivity index (χ4n) is 4.23. The van der Waals surface area contributed by atoms with E-state index in [4.69, 9.17) is 32.7 Å². The third kappa shape index (κ3) is 9.73. The van der Waals surface area contributed by atoms with Crippen LogP contribution in [0.1, 0.15) is 52.6 Å². The summed E-state index contributed by atoms with van der Waals surface area (Å²) < 4.78 is 12.7. The molecule has 0 fully saturated rings. The summed E-state index contributed by atoms with van der Waals surface area (Å²) in [6.45, 7) is 0. The molecule has 0 saturated carbocycles. The van der Waals surface area contributed by atoms with Crippen LogP contribution < -0.4 is 20.3 Å². The minimum atomic E-state index is -0.845. The van der Waals surface area contributed by atoms with Gasteiger partial charge in [-0.25, -0.2) is 20.4 Å². The first kappa shape index (κ1) is 36.1. The molecule has 0 aromatic heterocycles. The Balaban J connectivity index is 1.30. The number of hydrogen-bond acceptors (Lipinski definition) is 8. The van der Waals surface area contributed by atoms with Crippen LogP contribution in [0.15, 0.2) is 128 Å². The smallest absolute Gasteiger partial charge is 0.344 e. The maximum Gasteiger partial charge on any atom is 0.344 e. The van der Waals surface area contributed by atoms with Crippen molar-refractivity contribution in [3.8, 4) is 11.5 Å². The van der Waals surface area contributed by atoms with Crippen LogP contribution in [0.3, 0.4) is 0 Å². The molecule has 0 unspecified atom stereocenters. The molecule has 5 aromatic rings. The molecular formula is C36H22Br2Cl2N4O6. The van der Waals surface area contributed by atoms with Crippen LogP contribution in [0.25, 0.3) is 0 Å². The number of ether oxygens (including phenoxy) is 2. The molecule has 10 nitrogen and oxygen atoms in total. The number of esters is 2. The Morgan fingerprint density at radius 1 is 0.560 bits per heavy atom. The maximum absolute atomic E-state index is 13.4. The third-order valence-electron chi connectivity index (χ3n) is 6.67. The minimum Gasteiger partial charge on any atom is -0.422 e. The van der Waals surface area contributed by atoms with Crippen LogP contribution >= 0.6 is 55.1 Å². The molecule has 0 spiro atoms. The molecule has 250 valence electrons. The zero-order valence-corrected chi connectivity index (χ0v) is 30.1. The van der Waals surface area contributed by atoms with E-state index in [0.717, 1.165) is 0 Å². The van der Waals surface area contributed by atoms with Crippen molar-refractivity contribution in [2.75, 3.05) is 0 Å². The molecule has 0 heterocycles. The molecule has 14 heteroatoms. The Morgan fingerprint density at radius 2 is 0.940 bits per heavy atom. The van der Waals surface area contributed by atoms with E-state index < -0.39 is 23.8 Å². The van der Waals surface area contributed by atoms with E-state index >= 15 is 0 Å². The number of hydrogen-bond donors (Lipinski definition) is 2. The molecule has 5 rings (SSSR count). The number of nitrogens with zero attached hydrogens (tertiary/aromatic N) is 2. The number of rotatable bonds is 10. The van der Waals surface area contributed by atoms with Gasteiger partial charge in [-0.05, 0) is 97.1 Å². The molecule has 0 aliphatic rings. The monoisotopic (exact) mass is 834 g/mol. The zero-order valence-electron chi connectivity index (χ0n) is 25.4. The van der Waals surface area contributed by atoms with Gasteiger partial charge in [0.05, 0.1) is 23.6 Å². The summed E-state index contributed by atoms with van der Waals surface area (Å²) in [4.78, 5) is 51.7. The van der Waals surface area contributed by atoms with Gasteiger partial charge in [-0.1, -0.05) is 67.2 Å². The molecule has 0 saturated heterocycles. The van der Waals surface area contributed by atoms with Gasteiger partial charge < -0.3 is 9.47 Å². The largest absolute Gasteiger partial charge is 0.422 e. The number of hydrazone groups is 2. The fourth-order valence-corrected chi connectivity index (χ4v) is 5.24. The average molecular weight is 837 g/mol. The Hall–Kier alpha value is -5.14. The highest BCUT2D eigenvalue weighted by atomic mass is 79.9. The number of benzene rings is 5. The molecule has 0 atom stereocenters. The predicted molar refractivity (Wildman–Crippen MR) is 198 cm³/mol. The normalized spacial score (nSPS) is 11.0. The van der Waals surface area contributed by atoms with E-state index in [-0.39, 0.29) is 22.6 Å². The minimum absolute atomic E-state index is 0.0677. The van der Waals surface area contributed by atoms with Crippen LogP contribution in [0.5, 0.6) is 11.5 Å². The first-order valence-corrected chi connectivity index (χ1v) is 16.7. The topological polar surface area (TPSA) is 136 Å². The number of halogens is 4. The van der Waals surface area contributed by atoms with Gasteiger partial charge in [0, 0.05) is 41.2 Å². The van der Waals surface area contributed by atoms with Gasteiger partial charge in [-0.2, -0.15) is 10.2 Å². The van der Waals surface area contributed by atoms with Crippen molar-refractivity contribution in [3.05, 3.63) is 162 Å². The Kier molecular flexibility index (Phi) is 12.3. The molecule has 5 aromatic carbocycles. The summed E-state index contributed by atoms with van der Waals surface area (Å²) in [6.07, 6.45) is 2.63. The maximum atomic E-state index is 13.4. The standard InChI is InChI=1S/C36H22Br2Cl2N4O6/c37-25-9-15-31(23(17-25)19-41-43-33(45)21-5-11-27(39)12-6-21)49-35(47)29-3-1-2-4-30(29)36(48)50-32-16-10-26(38)18-24(32)20-42-44-34(46)22-7-13-28(40)14-8-22/h1-20H,(H,43,45)(H,44,46)/b41-19+,42-20+. The second-order valence-corrected chi connectivity index (χ2v) is 12.8. The van der Waals surface area contributed by atoms with Crippen LogP contribution in [-0.4, -0.2) is 36.2 Å². The van der Waals surface area contributed by atoms with E-state index in [2.05, 4.69) is 52.9 Å². The lowest BCUT2D eigenvalue weighted by Crippen LogP contribution is -2.19. The summed E-state index contributed by atoms with van der Waals surface area (Å²) in [5.41, 5.74) is 6.09. The molecule has 0 bridgehead atoms. The molecule has 0 aliphatic carbocycles. The van der Waals surface area contributed by atoms with Crippen molar-refractivity contribution < 1.29 is 28.7 Å². The predicted octanol–water partition coefficient (Wildman–Crippen LogP) is 8.48. The van der Waals surface area contributed by atoms with Crippen LogP contribution in [0.2, 0.25) is 10.0 Å². The number of carbonyl (C=O) groups excluding carboxylic acids is 4. The van der Waals surface area contributed by atoms with E-state index in [9.17, 15) is 19.2 Å². The van der Waals surface area contributed by atoms with Crippen molar-refractivity contribution >= 4 is 91.2 Å². The van der Waals surface area contributed by atoms with Crippen molar-refractivity contribution in [2.24, 2.45) is 10.2 Å². The van der Waals surface area contributed by atoms with Gasteiger partial charge in [0.1, 0.15) is 11.5 Å². The van der Waals surface area contributed by atoms with Gasteiger partial charge in [0.25, 0.3) is 11.8 Å². The summed E-state index contributed by atoms with van der Waals surface area (Å²) >= 11 is 18.5. The summed E-state index contributed by atoms with van der Waals surface area (Å²) in [6, 6.07) is 28.2. The second-order valence-electron chi connectivity index (χ2n) is 10.1. The highest BCUT2D eigenvalue weighted by Crippen LogP contribution is 2.26. The third-order valence-corrected chi connectivity index (χ3v) is 8.16. The van der Waals surface area contributed by atoms with Crippen LogP contribution in [0, 0.1) is 0 Å². The van der Waals surface area contributed by atoms with Crippen LogP contribution in [0.4, 0.5) is 0 Å². The Morgan fingerprint density at radius 3 is 1.32 bits per heavy atom. The summed E-state index contributed by atoms with van der Waals surface area (Å²) in [5, 5.41) is 8.96. The quantitative estimate of drug-likeness (QED) is 0.0627. The summed E-state index contributed by atoms with van der Waals surface area (Å²) in [5.74, 6) is -2.41. The first-order chi connectivity index (χ1) is 24.1. The number of carbonyl (C=O) groups is 4. The van der Waals surface area contributed by atoms with Gasteiger partial charge in [0.15, 0.2) is 0 Å². The zero-order chi connectivity index (χ0) is 35.6. The van der Waals surface area contributed by atoms with E-state index in [0.29, 0.717) is 41.2 Å². The number of nitrogens with one attached hydrogen (secondary N) is 2. The molecule has 2 N–H and O–H groups in total. The molecular weight excluding hydrogens is 815 g/mol. The lowest BCUT2D eigenvalue weighted by molar-refractivity contribution is 0.0691. The molecule has 0 radical (unpaired) electrons. The van der Waals surface area contributed by atoms with Gasteiger partial charge >= 0.3 is 11.9 Å². The highest BCUT2D eigenvalue weighted by Gasteiger charge is 2.22. The molecule has 50 heavy (non-hydrogen) atoms. The van der Waals surface area contributed by atoms with Gasteiger partial charge in [-0.15, -0.1) is 0 Å². The lowest BCUT2D eigenvalue weighted by atomic mass is 10.1. The van der Waals surface area contributed by atoms with Crippen molar-refractivity contribution in [2.45, 2.75) is 0 Å². The lowest BCUT2D eigenvalue weighted by Gasteiger charge is -2.12. The fraction of sp³-hybridized carbons (Fsp3) is 0. The van der Waals surface area contributed by atoms with E-state index in [1.807, 2.05) is 0 Å². The molecule has 2 amide bonds. The van der Waals surface area contributed by atoms with Gasteiger partial charge in [0.2, 0.25) is 0 Å². The SMILES string of the molecule is O=C(N/N=C/c1cc(Br)ccc1OC(=O)c1ccccc1C(=O)Oc1ccc(Br)cc1/C=N/NC(=O)c1ccc(Cl)cc1)c1ccc(Cl)cc1. The average Bonchev–Trinajstić information content (AvgIpc) is 3.11. The highest BCUT2D eigenvalue weighted by molar-refractivity contribution is 9.10.